The second kappa shape index (κ2) is 8.43. The number of carbonyl (C=O) groups excluding carboxylic acids is 1. The van der Waals surface area contributed by atoms with Crippen molar-refractivity contribution < 1.29 is 19.0 Å². The molecular formula is C20H27N3O4. The molecule has 1 amide bonds. The SMILES string of the molecule is COc1ccc(OC)c(-c2n[nH]c(C3CCOCC3)c2NC(=O)C(C)C)c1. The fraction of sp³-hybridized carbons (Fsp3) is 0.500. The number of ether oxygens (including phenoxy) is 3. The Labute approximate surface area is 159 Å². The molecule has 3 rings (SSSR count). The monoisotopic (exact) mass is 373 g/mol. The van der Waals surface area contributed by atoms with E-state index in [0.717, 1.165) is 24.1 Å². The number of benzene rings is 1. The van der Waals surface area contributed by atoms with Crippen molar-refractivity contribution in [3.05, 3.63) is 23.9 Å². The van der Waals surface area contributed by atoms with E-state index in [2.05, 4.69) is 15.5 Å². The Hall–Kier alpha value is -2.54. The van der Waals surface area contributed by atoms with E-state index in [4.69, 9.17) is 14.2 Å². The molecule has 2 heterocycles. The zero-order chi connectivity index (χ0) is 19.4. The van der Waals surface area contributed by atoms with Gasteiger partial charge in [-0.05, 0) is 31.0 Å². The zero-order valence-corrected chi connectivity index (χ0v) is 16.3. The van der Waals surface area contributed by atoms with E-state index < -0.39 is 0 Å². The van der Waals surface area contributed by atoms with E-state index in [9.17, 15) is 4.79 Å². The largest absolute Gasteiger partial charge is 0.497 e. The molecule has 1 aliphatic heterocycles. The lowest BCUT2D eigenvalue weighted by molar-refractivity contribution is -0.118. The van der Waals surface area contributed by atoms with E-state index in [1.807, 2.05) is 32.0 Å². The summed E-state index contributed by atoms with van der Waals surface area (Å²) < 4.78 is 16.4. The molecular weight excluding hydrogens is 346 g/mol. The third kappa shape index (κ3) is 4.08. The summed E-state index contributed by atoms with van der Waals surface area (Å²) in [5.74, 6) is 1.44. The van der Waals surface area contributed by atoms with Gasteiger partial charge in [0, 0.05) is 30.6 Å². The molecule has 0 spiro atoms. The molecule has 0 bridgehead atoms. The number of anilines is 1. The fourth-order valence-corrected chi connectivity index (χ4v) is 3.23. The van der Waals surface area contributed by atoms with E-state index in [-0.39, 0.29) is 17.7 Å². The molecule has 1 aromatic carbocycles. The number of amides is 1. The van der Waals surface area contributed by atoms with Crippen LogP contribution in [0.25, 0.3) is 11.3 Å². The first-order valence-electron chi connectivity index (χ1n) is 9.24. The van der Waals surface area contributed by atoms with Crippen LogP contribution in [0.1, 0.15) is 38.3 Å². The van der Waals surface area contributed by atoms with Gasteiger partial charge in [-0.2, -0.15) is 5.10 Å². The van der Waals surface area contributed by atoms with Crippen molar-refractivity contribution in [2.75, 3.05) is 32.8 Å². The number of aromatic amines is 1. The van der Waals surface area contributed by atoms with Gasteiger partial charge in [0.05, 0.1) is 25.6 Å². The first-order valence-corrected chi connectivity index (χ1v) is 9.24. The second-order valence-electron chi connectivity index (χ2n) is 6.96. The van der Waals surface area contributed by atoms with Crippen molar-refractivity contribution in [3.8, 4) is 22.8 Å². The molecule has 1 fully saturated rings. The van der Waals surface area contributed by atoms with Crippen LogP contribution in [-0.2, 0) is 9.53 Å². The third-order valence-corrected chi connectivity index (χ3v) is 4.86. The van der Waals surface area contributed by atoms with E-state index in [1.165, 1.54) is 0 Å². The van der Waals surface area contributed by atoms with Crippen LogP contribution in [0.4, 0.5) is 5.69 Å². The number of nitrogens with one attached hydrogen (secondary N) is 2. The predicted octanol–water partition coefficient (Wildman–Crippen LogP) is 3.58. The number of hydrogen-bond acceptors (Lipinski definition) is 5. The average molecular weight is 373 g/mol. The summed E-state index contributed by atoms with van der Waals surface area (Å²) in [6, 6.07) is 5.54. The van der Waals surface area contributed by atoms with Crippen LogP contribution in [0.15, 0.2) is 18.2 Å². The van der Waals surface area contributed by atoms with Gasteiger partial charge in [-0.25, -0.2) is 0 Å². The first kappa shape index (κ1) is 19.2. The van der Waals surface area contributed by atoms with E-state index in [0.29, 0.717) is 36.1 Å². The maximum atomic E-state index is 12.5. The molecule has 1 saturated heterocycles. The Bertz CT molecular complexity index is 795. The van der Waals surface area contributed by atoms with Crippen molar-refractivity contribution in [2.24, 2.45) is 5.92 Å². The van der Waals surface area contributed by atoms with Gasteiger partial charge in [0.15, 0.2) is 0 Å². The molecule has 0 atom stereocenters. The number of carbonyl (C=O) groups is 1. The van der Waals surface area contributed by atoms with Gasteiger partial charge in [-0.1, -0.05) is 13.8 Å². The number of H-pyrrole nitrogens is 1. The number of aromatic nitrogens is 2. The van der Waals surface area contributed by atoms with Crippen molar-refractivity contribution in [2.45, 2.75) is 32.6 Å². The highest BCUT2D eigenvalue weighted by molar-refractivity contribution is 5.97. The van der Waals surface area contributed by atoms with Gasteiger partial charge >= 0.3 is 0 Å². The van der Waals surface area contributed by atoms with Crippen LogP contribution in [-0.4, -0.2) is 43.5 Å². The van der Waals surface area contributed by atoms with Gasteiger partial charge in [-0.15, -0.1) is 0 Å². The number of nitrogens with zero attached hydrogens (tertiary/aromatic N) is 1. The predicted molar refractivity (Wildman–Crippen MR) is 103 cm³/mol. The smallest absolute Gasteiger partial charge is 0.227 e. The van der Waals surface area contributed by atoms with Gasteiger partial charge in [0.2, 0.25) is 5.91 Å². The molecule has 7 nitrogen and oxygen atoms in total. The summed E-state index contributed by atoms with van der Waals surface area (Å²) in [6.07, 6.45) is 1.78. The molecule has 1 aliphatic rings. The second-order valence-corrected chi connectivity index (χ2v) is 6.96. The highest BCUT2D eigenvalue weighted by Gasteiger charge is 2.27. The first-order chi connectivity index (χ1) is 13.0. The molecule has 0 radical (unpaired) electrons. The fourth-order valence-electron chi connectivity index (χ4n) is 3.23. The molecule has 1 aromatic heterocycles. The summed E-state index contributed by atoms with van der Waals surface area (Å²) >= 11 is 0. The quantitative estimate of drug-likeness (QED) is 0.808. The molecule has 2 N–H and O–H groups in total. The Morgan fingerprint density at radius 3 is 2.63 bits per heavy atom. The van der Waals surface area contributed by atoms with E-state index in [1.54, 1.807) is 14.2 Å². The maximum absolute atomic E-state index is 12.5. The topological polar surface area (TPSA) is 85.5 Å². The van der Waals surface area contributed by atoms with Crippen molar-refractivity contribution in [1.29, 1.82) is 0 Å². The molecule has 0 unspecified atom stereocenters. The highest BCUT2D eigenvalue weighted by Crippen LogP contribution is 2.41. The Morgan fingerprint density at radius 2 is 2.00 bits per heavy atom. The number of methoxy groups -OCH3 is 2. The van der Waals surface area contributed by atoms with Crippen molar-refractivity contribution >= 4 is 11.6 Å². The number of hydrogen-bond donors (Lipinski definition) is 2. The van der Waals surface area contributed by atoms with Crippen LogP contribution in [0.2, 0.25) is 0 Å². The third-order valence-electron chi connectivity index (χ3n) is 4.86. The summed E-state index contributed by atoms with van der Waals surface area (Å²) in [5.41, 5.74) is 3.08. The van der Waals surface area contributed by atoms with Gasteiger partial charge in [-0.3, -0.25) is 9.89 Å². The lowest BCUT2D eigenvalue weighted by atomic mass is 9.94. The summed E-state index contributed by atoms with van der Waals surface area (Å²) in [5, 5.41) is 10.8. The minimum absolute atomic E-state index is 0.0483. The lowest BCUT2D eigenvalue weighted by Gasteiger charge is -2.22. The summed E-state index contributed by atoms with van der Waals surface area (Å²) in [6.45, 7) is 5.16. The summed E-state index contributed by atoms with van der Waals surface area (Å²) in [4.78, 5) is 12.5. The molecule has 0 aliphatic carbocycles. The highest BCUT2D eigenvalue weighted by atomic mass is 16.5. The summed E-state index contributed by atoms with van der Waals surface area (Å²) in [7, 11) is 3.23. The van der Waals surface area contributed by atoms with Crippen LogP contribution in [0, 0.1) is 5.92 Å². The van der Waals surface area contributed by atoms with E-state index >= 15 is 0 Å². The van der Waals surface area contributed by atoms with Gasteiger partial charge < -0.3 is 19.5 Å². The Balaban J connectivity index is 2.09. The molecule has 0 saturated carbocycles. The normalized spacial score (nSPS) is 15.0. The molecule has 27 heavy (non-hydrogen) atoms. The lowest BCUT2D eigenvalue weighted by Crippen LogP contribution is -2.21. The maximum Gasteiger partial charge on any atom is 0.227 e. The Morgan fingerprint density at radius 1 is 1.26 bits per heavy atom. The molecule has 7 heteroatoms. The minimum atomic E-state index is -0.137. The van der Waals surface area contributed by atoms with Gasteiger partial charge in [0.25, 0.3) is 0 Å². The van der Waals surface area contributed by atoms with Gasteiger partial charge in [0.1, 0.15) is 17.2 Å². The average Bonchev–Trinajstić information content (AvgIpc) is 3.11. The molecule has 2 aromatic rings. The van der Waals surface area contributed by atoms with Crippen molar-refractivity contribution in [3.63, 3.8) is 0 Å². The minimum Gasteiger partial charge on any atom is -0.497 e. The van der Waals surface area contributed by atoms with Crippen LogP contribution < -0.4 is 14.8 Å². The molecule has 146 valence electrons. The van der Waals surface area contributed by atoms with Crippen molar-refractivity contribution in [1.82, 2.24) is 10.2 Å². The Kier molecular flexibility index (Phi) is 6.01. The van der Waals surface area contributed by atoms with Crippen LogP contribution >= 0.6 is 0 Å². The standard InChI is InChI=1S/C20H27N3O4/c1-12(2)20(24)21-19-17(13-7-9-27-10-8-13)22-23-18(19)15-11-14(25-3)5-6-16(15)26-4/h5-6,11-13H,7-10H2,1-4H3,(H,21,24)(H,22,23). The van der Waals surface area contributed by atoms with Crippen LogP contribution in [0.3, 0.4) is 0 Å². The van der Waals surface area contributed by atoms with Crippen LogP contribution in [0.5, 0.6) is 11.5 Å². The zero-order valence-electron chi connectivity index (χ0n) is 16.3. The number of rotatable bonds is 6.